The third kappa shape index (κ3) is 3.40. The molecule has 0 radical (unpaired) electrons. The molecule has 0 bridgehead atoms. The molecule has 2 fully saturated rings. The van der Waals surface area contributed by atoms with Gasteiger partial charge < -0.3 is 5.32 Å². The zero-order valence-electron chi connectivity index (χ0n) is 10.5. The van der Waals surface area contributed by atoms with E-state index in [9.17, 15) is 8.42 Å². The van der Waals surface area contributed by atoms with Crippen molar-refractivity contribution >= 4 is 10.2 Å². The Hall–Kier alpha value is -0.170. The van der Waals surface area contributed by atoms with Gasteiger partial charge in [0.15, 0.2) is 0 Å². The monoisotopic (exact) mass is 261 g/mol. The third-order valence-corrected chi connectivity index (χ3v) is 5.47. The smallest absolute Gasteiger partial charge is 0.279 e. The van der Waals surface area contributed by atoms with Crippen LogP contribution in [-0.4, -0.2) is 45.4 Å². The van der Waals surface area contributed by atoms with E-state index in [0.29, 0.717) is 31.5 Å². The predicted octanol–water partition coefficient (Wildman–Crippen LogP) is 0.162. The van der Waals surface area contributed by atoms with Crippen LogP contribution in [0.5, 0.6) is 0 Å². The first-order chi connectivity index (χ1) is 8.09. The fourth-order valence-electron chi connectivity index (χ4n) is 2.60. The zero-order chi connectivity index (χ0) is 12.3. The summed E-state index contributed by atoms with van der Waals surface area (Å²) in [4.78, 5) is 0. The van der Waals surface area contributed by atoms with Gasteiger partial charge in [-0.25, -0.2) is 4.72 Å². The van der Waals surface area contributed by atoms with Crippen molar-refractivity contribution in [3.63, 3.8) is 0 Å². The number of nitrogens with one attached hydrogen (secondary N) is 2. The van der Waals surface area contributed by atoms with Crippen molar-refractivity contribution in [2.75, 3.05) is 32.7 Å². The largest absolute Gasteiger partial charge is 0.316 e. The highest BCUT2D eigenvalue weighted by Crippen LogP contribution is 2.18. The first-order valence-corrected chi connectivity index (χ1v) is 7.99. The van der Waals surface area contributed by atoms with Gasteiger partial charge in [-0.1, -0.05) is 6.92 Å². The maximum absolute atomic E-state index is 12.0. The Kier molecular flexibility index (Phi) is 4.41. The molecule has 5 nitrogen and oxygen atoms in total. The summed E-state index contributed by atoms with van der Waals surface area (Å²) in [6.07, 6.45) is 3.04. The third-order valence-electron chi connectivity index (χ3n) is 3.90. The first kappa shape index (κ1) is 13.3. The van der Waals surface area contributed by atoms with Crippen LogP contribution in [0.1, 0.15) is 26.2 Å². The Morgan fingerprint density at radius 2 is 2.06 bits per heavy atom. The molecule has 0 amide bonds. The van der Waals surface area contributed by atoms with E-state index in [1.807, 2.05) is 0 Å². The van der Waals surface area contributed by atoms with Crippen molar-refractivity contribution in [1.82, 2.24) is 14.3 Å². The van der Waals surface area contributed by atoms with Crippen molar-refractivity contribution in [2.45, 2.75) is 26.2 Å². The normalized spacial score (nSPS) is 31.8. The Balaban J connectivity index is 1.84. The van der Waals surface area contributed by atoms with E-state index in [4.69, 9.17) is 0 Å². The molecule has 6 heteroatoms. The van der Waals surface area contributed by atoms with E-state index in [-0.39, 0.29) is 0 Å². The van der Waals surface area contributed by atoms with Crippen LogP contribution in [0.3, 0.4) is 0 Å². The molecular formula is C11H23N3O2S. The highest BCUT2D eigenvalue weighted by atomic mass is 32.2. The number of nitrogens with zero attached hydrogens (tertiary/aromatic N) is 1. The topological polar surface area (TPSA) is 61.4 Å². The molecule has 0 aromatic rings. The van der Waals surface area contributed by atoms with Crippen LogP contribution in [0, 0.1) is 11.8 Å². The van der Waals surface area contributed by atoms with Gasteiger partial charge in [0.1, 0.15) is 0 Å². The van der Waals surface area contributed by atoms with E-state index >= 15 is 0 Å². The molecule has 0 aliphatic carbocycles. The molecule has 17 heavy (non-hydrogen) atoms. The van der Waals surface area contributed by atoms with Gasteiger partial charge >= 0.3 is 0 Å². The summed E-state index contributed by atoms with van der Waals surface area (Å²) in [6.45, 7) is 6.12. The Labute approximate surface area is 104 Å². The fraction of sp³-hybridized carbons (Fsp3) is 1.00. The molecule has 2 rings (SSSR count). The quantitative estimate of drug-likeness (QED) is 0.758. The molecule has 2 saturated heterocycles. The van der Waals surface area contributed by atoms with Gasteiger partial charge in [-0.15, -0.1) is 0 Å². The van der Waals surface area contributed by atoms with Gasteiger partial charge in [-0.2, -0.15) is 12.7 Å². The molecule has 100 valence electrons. The summed E-state index contributed by atoms with van der Waals surface area (Å²) in [6, 6.07) is 0. The minimum Gasteiger partial charge on any atom is -0.316 e. The lowest BCUT2D eigenvalue weighted by atomic mass is 9.88. The molecular weight excluding hydrogens is 238 g/mol. The zero-order valence-corrected chi connectivity index (χ0v) is 11.3. The average molecular weight is 261 g/mol. The molecule has 0 saturated carbocycles. The molecule has 2 N–H and O–H groups in total. The van der Waals surface area contributed by atoms with E-state index < -0.39 is 10.2 Å². The maximum Gasteiger partial charge on any atom is 0.279 e. The molecule has 2 aliphatic heterocycles. The second-order valence-electron chi connectivity index (χ2n) is 5.19. The molecule has 2 aliphatic rings. The summed E-state index contributed by atoms with van der Waals surface area (Å²) < 4.78 is 28.3. The van der Waals surface area contributed by atoms with Crippen LogP contribution in [0.2, 0.25) is 0 Å². The van der Waals surface area contributed by atoms with E-state index in [2.05, 4.69) is 17.0 Å². The molecule has 2 unspecified atom stereocenters. The minimum absolute atomic E-state index is 0.466. The van der Waals surface area contributed by atoms with Crippen LogP contribution in [0.4, 0.5) is 0 Å². The van der Waals surface area contributed by atoms with E-state index in [0.717, 1.165) is 32.4 Å². The Morgan fingerprint density at radius 3 is 2.71 bits per heavy atom. The summed E-state index contributed by atoms with van der Waals surface area (Å²) in [5.74, 6) is 1.01. The van der Waals surface area contributed by atoms with Gasteiger partial charge in [-0.05, 0) is 44.2 Å². The lowest BCUT2D eigenvalue weighted by Crippen LogP contribution is -2.45. The van der Waals surface area contributed by atoms with Crippen LogP contribution in [-0.2, 0) is 10.2 Å². The van der Waals surface area contributed by atoms with Crippen LogP contribution in [0.25, 0.3) is 0 Å². The highest BCUT2D eigenvalue weighted by molar-refractivity contribution is 7.87. The van der Waals surface area contributed by atoms with Gasteiger partial charge in [0.25, 0.3) is 10.2 Å². The van der Waals surface area contributed by atoms with Gasteiger partial charge in [-0.3, -0.25) is 0 Å². The standard InChI is InChI=1S/C11H23N3O2S/c1-10-8-12-5-4-11(10)9-13-17(15,16)14-6-2-3-7-14/h10-13H,2-9H2,1H3. The molecule has 0 aromatic heterocycles. The van der Waals surface area contributed by atoms with Crippen LogP contribution >= 0.6 is 0 Å². The van der Waals surface area contributed by atoms with Crippen molar-refractivity contribution < 1.29 is 8.42 Å². The lowest BCUT2D eigenvalue weighted by molar-refractivity contribution is 0.273. The predicted molar refractivity (Wildman–Crippen MR) is 67.9 cm³/mol. The summed E-state index contributed by atoms with van der Waals surface area (Å²) in [7, 11) is -3.22. The van der Waals surface area contributed by atoms with Crippen molar-refractivity contribution in [3.8, 4) is 0 Å². The number of hydrogen-bond donors (Lipinski definition) is 2. The van der Waals surface area contributed by atoms with Gasteiger partial charge in [0.05, 0.1) is 0 Å². The molecule has 0 aromatic carbocycles. The molecule has 0 spiro atoms. The van der Waals surface area contributed by atoms with E-state index in [1.54, 1.807) is 4.31 Å². The SMILES string of the molecule is CC1CNCCC1CNS(=O)(=O)N1CCCC1. The molecule has 2 heterocycles. The van der Waals surface area contributed by atoms with Crippen molar-refractivity contribution in [3.05, 3.63) is 0 Å². The maximum atomic E-state index is 12.0. The van der Waals surface area contributed by atoms with Gasteiger partial charge in [0.2, 0.25) is 0 Å². The van der Waals surface area contributed by atoms with Crippen LogP contribution in [0.15, 0.2) is 0 Å². The van der Waals surface area contributed by atoms with Gasteiger partial charge in [0, 0.05) is 19.6 Å². The second-order valence-corrected chi connectivity index (χ2v) is 6.95. The minimum atomic E-state index is -3.22. The first-order valence-electron chi connectivity index (χ1n) is 6.55. The second kappa shape index (κ2) is 5.65. The fourth-order valence-corrected chi connectivity index (χ4v) is 3.95. The number of piperidine rings is 1. The highest BCUT2D eigenvalue weighted by Gasteiger charge is 2.27. The Bertz CT molecular complexity index is 339. The number of rotatable bonds is 4. The summed E-state index contributed by atoms with van der Waals surface area (Å²) in [5, 5.41) is 3.33. The average Bonchev–Trinajstić information content (AvgIpc) is 2.82. The van der Waals surface area contributed by atoms with Crippen molar-refractivity contribution in [2.24, 2.45) is 11.8 Å². The van der Waals surface area contributed by atoms with E-state index in [1.165, 1.54) is 0 Å². The number of hydrogen-bond acceptors (Lipinski definition) is 3. The molecule has 2 atom stereocenters. The lowest BCUT2D eigenvalue weighted by Gasteiger charge is -2.30. The van der Waals surface area contributed by atoms with Crippen LogP contribution < -0.4 is 10.0 Å². The summed E-state index contributed by atoms with van der Waals surface area (Å²) >= 11 is 0. The Morgan fingerprint density at radius 1 is 1.35 bits per heavy atom. The summed E-state index contributed by atoms with van der Waals surface area (Å²) in [5.41, 5.74) is 0. The van der Waals surface area contributed by atoms with Crippen molar-refractivity contribution in [1.29, 1.82) is 0 Å².